The second kappa shape index (κ2) is 25.0. The van der Waals surface area contributed by atoms with E-state index in [9.17, 15) is 4.79 Å². The molecule has 3 N–H and O–H groups in total. The summed E-state index contributed by atoms with van der Waals surface area (Å²) in [6, 6.07) is 70.2. The van der Waals surface area contributed by atoms with Gasteiger partial charge in [0.15, 0.2) is 0 Å². The first-order valence-electron chi connectivity index (χ1n) is 21.3. The van der Waals surface area contributed by atoms with E-state index in [0.29, 0.717) is 11.8 Å². The van der Waals surface area contributed by atoms with Gasteiger partial charge < -0.3 is 12.5 Å². The number of hydrogen-bond acceptors (Lipinski definition) is 7. The third kappa shape index (κ3) is 13.6. The number of carbonyl (C=O) groups is 1. The van der Waals surface area contributed by atoms with E-state index < -0.39 is 10.6 Å². The van der Waals surface area contributed by atoms with Gasteiger partial charge in [0.1, 0.15) is 12.1 Å². The molecule has 1 heterocycles. The molecule has 0 aliphatic carbocycles. The monoisotopic (exact) mass is 900 g/mol. The smallest absolute Gasteiger partial charge is 1.00 e. The molecule has 10 heteroatoms. The average molecular weight is 901 g/mol. The van der Waals surface area contributed by atoms with E-state index in [0.717, 1.165) is 56.9 Å². The molecule has 66 heavy (non-hydrogen) atoms. The maximum absolute atomic E-state index is 10.0. The van der Waals surface area contributed by atoms with Gasteiger partial charge in [-0.05, 0) is 81.6 Å². The van der Waals surface area contributed by atoms with Crippen molar-refractivity contribution in [3.8, 4) is 39.3 Å². The molecule has 328 valence electrons. The Kier molecular flexibility index (Phi) is 19.0. The maximum Gasteiger partial charge on any atom is 1.00 e. The van der Waals surface area contributed by atoms with Crippen LogP contribution in [0.25, 0.3) is 50.4 Å². The van der Waals surface area contributed by atoms with Gasteiger partial charge in [-0.3, -0.25) is 9.36 Å². The quantitative estimate of drug-likeness (QED) is 0.0840. The van der Waals surface area contributed by atoms with Crippen LogP contribution in [0.1, 0.15) is 62.4 Å². The topological polar surface area (TPSA) is 124 Å². The first kappa shape index (κ1) is 50.1. The molecule has 0 aliphatic rings. The molecule has 8 aromatic carbocycles. The Hall–Kier alpha value is -6.88. The fourth-order valence-corrected chi connectivity index (χ4v) is 7.36. The second-order valence-corrected chi connectivity index (χ2v) is 16.1. The molecular formula is C56H53N4NaO4S. The zero-order valence-electron chi connectivity index (χ0n) is 38.9. The molecule has 0 saturated heterocycles. The Balaban J connectivity index is 0.000000234. The summed E-state index contributed by atoms with van der Waals surface area (Å²) in [4.78, 5) is 15.1. The molecule has 0 spiro atoms. The molecule has 0 aliphatic heterocycles. The fourth-order valence-electron chi connectivity index (χ4n) is 7.36. The van der Waals surface area contributed by atoms with Gasteiger partial charge in [0, 0.05) is 16.8 Å². The van der Waals surface area contributed by atoms with Gasteiger partial charge in [-0.1, -0.05) is 198 Å². The van der Waals surface area contributed by atoms with Gasteiger partial charge >= 0.3 is 40.2 Å². The van der Waals surface area contributed by atoms with Crippen molar-refractivity contribution in [1.29, 1.82) is 0 Å². The number of fused-ring (bicyclic) bond motifs is 1. The Morgan fingerprint density at radius 2 is 0.985 bits per heavy atom. The van der Waals surface area contributed by atoms with Crippen LogP contribution in [0.3, 0.4) is 0 Å². The molecule has 9 rings (SSSR count). The van der Waals surface area contributed by atoms with Crippen LogP contribution >= 0.6 is 0 Å². The normalized spacial score (nSPS) is 10.3. The Morgan fingerprint density at radius 1 is 0.530 bits per heavy atom. The number of benzene rings is 8. The SMILES string of the molecule is CC(C)c1ccccc1-n1c(-c2ccccc2)nc2ccc(-c3ccccc3)cc21.CC(C)c1ccccc1Nc1cc(-c2ccccc2)ccc1N.O=Cc1ccccc1.O=S(=O)=O.[H-].[Na+]. The van der Waals surface area contributed by atoms with Crippen molar-refractivity contribution in [3.63, 3.8) is 0 Å². The molecule has 0 saturated carbocycles. The molecule has 9 aromatic rings. The number of rotatable bonds is 9. The molecule has 0 atom stereocenters. The van der Waals surface area contributed by atoms with Crippen molar-refractivity contribution in [3.05, 3.63) is 223 Å². The van der Waals surface area contributed by atoms with Crippen molar-refractivity contribution in [2.45, 2.75) is 39.5 Å². The minimum atomic E-state index is -3.11. The summed E-state index contributed by atoms with van der Waals surface area (Å²) in [5, 5.41) is 3.51. The summed E-state index contributed by atoms with van der Waals surface area (Å²) in [7, 11) is -3.11. The number of hydrogen-bond donors (Lipinski definition) is 2. The van der Waals surface area contributed by atoms with Crippen LogP contribution in [0.15, 0.2) is 206 Å². The number of nitrogens with zero attached hydrogens (tertiary/aromatic N) is 2. The molecule has 0 unspecified atom stereocenters. The van der Waals surface area contributed by atoms with Gasteiger partial charge in [0.05, 0.1) is 28.1 Å². The Morgan fingerprint density at radius 3 is 1.52 bits per heavy atom. The van der Waals surface area contributed by atoms with E-state index in [2.05, 4.69) is 177 Å². The fraction of sp³-hybridized carbons (Fsp3) is 0.107. The van der Waals surface area contributed by atoms with Gasteiger partial charge in [-0.2, -0.15) is 0 Å². The van der Waals surface area contributed by atoms with E-state index in [1.807, 2.05) is 54.6 Å². The van der Waals surface area contributed by atoms with Gasteiger partial charge in [0.25, 0.3) is 0 Å². The number of anilines is 3. The molecular weight excluding hydrogens is 848 g/mol. The summed E-state index contributed by atoms with van der Waals surface area (Å²) < 4.78 is 27.7. The van der Waals surface area contributed by atoms with E-state index in [4.69, 9.17) is 23.3 Å². The van der Waals surface area contributed by atoms with Crippen molar-refractivity contribution in [1.82, 2.24) is 9.55 Å². The number of aldehydes is 1. The van der Waals surface area contributed by atoms with Crippen molar-refractivity contribution in [2.75, 3.05) is 11.1 Å². The standard InChI is InChI=1S/C28H24N2.C21H22N2.C7H6O.Na.O3S.H/c1-20(2)24-15-9-10-16-26(24)30-27-19-23(21-11-5-3-6-12-21)17-18-25(27)29-28(30)22-13-7-4-8-14-22;1-15(2)18-10-6-7-11-20(18)23-21-14-17(12-13-19(21)22)16-8-4-3-5-9-16;8-6-7-4-2-1-3-5-7;;1-4(2)3;/h3-20H,1-2H3;3-15,23H,22H2,1-2H3;1-6H;;;/q;;;+1;;-1. The average Bonchev–Trinajstić information content (AvgIpc) is 3.72. The first-order chi connectivity index (χ1) is 31.5. The van der Waals surface area contributed by atoms with E-state index in [1.54, 1.807) is 12.1 Å². The van der Waals surface area contributed by atoms with Crippen LogP contribution in [0.5, 0.6) is 0 Å². The van der Waals surface area contributed by atoms with Gasteiger partial charge in [0.2, 0.25) is 0 Å². The maximum atomic E-state index is 10.0. The van der Waals surface area contributed by atoms with Crippen LogP contribution in [0, 0.1) is 0 Å². The second-order valence-electron chi connectivity index (χ2n) is 15.7. The zero-order chi connectivity index (χ0) is 46.1. The number of carbonyl (C=O) groups excluding carboxylic acids is 1. The largest absolute Gasteiger partial charge is 1.00 e. The van der Waals surface area contributed by atoms with E-state index in [-0.39, 0.29) is 31.0 Å². The number of nitrogens with one attached hydrogen (secondary N) is 1. The van der Waals surface area contributed by atoms with Crippen LogP contribution in [-0.4, -0.2) is 28.5 Å². The summed E-state index contributed by atoms with van der Waals surface area (Å²) in [5.74, 6) is 1.85. The molecule has 0 radical (unpaired) electrons. The third-order valence-electron chi connectivity index (χ3n) is 10.5. The minimum absolute atomic E-state index is 0. The first-order valence-corrected chi connectivity index (χ1v) is 22.3. The minimum Gasteiger partial charge on any atom is -1.00 e. The number of para-hydroxylation sites is 2. The molecule has 1 aromatic heterocycles. The Labute approximate surface area is 413 Å². The van der Waals surface area contributed by atoms with Crippen LogP contribution < -0.4 is 40.6 Å². The van der Waals surface area contributed by atoms with Crippen LogP contribution in [0.4, 0.5) is 17.1 Å². The molecule has 8 nitrogen and oxygen atoms in total. The van der Waals surface area contributed by atoms with E-state index >= 15 is 0 Å². The van der Waals surface area contributed by atoms with E-state index in [1.165, 1.54) is 33.5 Å². The third-order valence-corrected chi connectivity index (χ3v) is 10.5. The number of imidazole rings is 1. The van der Waals surface area contributed by atoms with Crippen LogP contribution in [-0.2, 0) is 10.6 Å². The van der Waals surface area contributed by atoms with Crippen molar-refractivity contribution in [2.24, 2.45) is 0 Å². The predicted octanol–water partition coefficient (Wildman–Crippen LogP) is 10.9. The number of nitrogen functional groups attached to an aromatic ring is 1. The summed E-state index contributed by atoms with van der Waals surface area (Å²) in [6.45, 7) is 8.89. The zero-order valence-corrected chi connectivity index (χ0v) is 40.7. The predicted molar refractivity (Wildman–Crippen MR) is 269 cm³/mol. The molecule has 0 bridgehead atoms. The molecule has 0 amide bonds. The van der Waals surface area contributed by atoms with Crippen LogP contribution in [0.2, 0.25) is 0 Å². The van der Waals surface area contributed by atoms with Crippen molar-refractivity contribution < 1.29 is 48.4 Å². The summed E-state index contributed by atoms with van der Waals surface area (Å²) in [5.41, 5.74) is 21.5. The summed E-state index contributed by atoms with van der Waals surface area (Å²) in [6.07, 6.45) is 0.833. The number of aromatic nitrogens is 2. The van der Waals surface area contributed by atoms with Crippen molar-refractivity contribution >= 4 is 45.0 Å². The Bertz CT molecular complexity index is 3060. The number of nitrogens with two attached hydrogens (primary N) is 1. The van der Waals surface area contributed by atoms with Gasteiger partial charge in [-0.15, -0.1) is 12.6 Å². The van der Waals surface area contributed by atoms with Gasteiger partial charge in [-0.25, -0.2) is 4.98 Å². The summed E-state index contributed by atoms with van der Waals surface area (Å²) >= 11 is 0. The molecule has 0 fully saturated rings.